The highest BCUT2D eigenvalue weighted by atomic mass is 35.5. The highest BCUT2D eigenvalue weighted by Crippen LogP contribution is 2.54. The first-order valence-corrected chi connectivity index (χ1v) is 6.53. The summed E-state index contributed by atoms with van der Waals surface area (Å²) in [6.45, 7) is 5.08. The molecule has 1 atom stereocenters. The van der Waals surface area contributed by atoms with Crippen molar-refractivity contribution in [2.45, 2.75) is 31.1 Å². The van der Waals surface area contributed by atoms with Gasteiger partial charge in [-0.05, 0) is 43.5 Å². The van der Waals surface area contributed by atoms with E-state index in [4.69, 9.17) is 23.2 Å². The minimum Gasteiger partial charge on any atom is -0.330 e. The molecule has 1 aromatic carbocycles. The van der Waals surface area contributed by atoms with E-state index < -0.39 is 4.33 Å². The molecule has 1 aliphatic carbocycles. The highest BCUT2D eigenvalue weighted by Gasteiger charge is 2.51. The van der Waals surface area contributed by atoms with Gasteiger partial charge in [0.2, 0.25) is 0 Å². The number of halogens is 2. The Labute approximate surface area is 111 Å². The quantitative estimate of drug-likeness (QED) is 0.757. The molecule has 1 fully saturated rings. The minimum absolute atomic E-state index is 0.352. The number of alkyl halides is 2. The summed E-state index contributed by atoms with van der Waals surface area (Å²) >= 11 is 12.1. The van der Waals surface area contributed by atoms with Gasteiger partial charge in [-0.15, -0.1) is 23.2 Å². The van der Waals surface area contributed by atoms with E-state index >= 15 is 0 Å². The van der Waals surface area contributed by atoms with Crippen LogP contribution in [0.3, 0.4) is 0 Å². The number of aryl methyl sites for hydroxylation is 2. The number of hydrogen-bond acceptors (Lipinski definition) is 1. The molecule has 0 bridgehead atoms. The molecule has 0 spiro atoms. The maximum Gasteiger partial charge on any atom is 0.123 e. The third kappa shape index (κ3) is 1.94. The average Bonchev–Trinajstić information content (AvgIpc) is 2.67. The van der Waals surface area contributed by atoms with Crippen LogP contribution in [0.1, 0.15) is 17.5 Å². The molecule has 2 aromatic rings. The van der Waals surface area contributed by atoms with E-state index in [1.807, 2.05) is 6.33 Å². The topological polar surface area (TPSA) is 17.8 Å². The summed E-state index contributed by atoms with van der Waals surface area (Å²) in [4.78, 5) is 4.43. The van der Waals surface area contributed by atoms with Gasteiger partial charge in [0.1, 0.15) is 4.33 Å². The van der Waals surface area contributed by atoms with Gasteiger partial charge in [-0.3, -0.25) is 0 Å². The summed E-state index contributed by atoms with van der Waals surface area (Å²) in [5, 5.41) is 0. The van der Waals surface area contributed by atoms with Crippen molar-refractivity contribution in [3.05, 3.63) is 29.6 Å². The lowest BCUT2D eigenvalue weighted by Gasteiger charge is -2.06. The zero-order valence-corrected chi connectivity index (χ0v) is 11.4. The number of imidazole rings is 1. The first kappa shape index (κ1) is 11.4. The number of rotatable bonds is 2. The van der Waals surface area contributed by atoms with E-state index in [1.165, 1.54) is 16.6 Å². The maximum atomic E-state index is 6.06. The fraction of sp³-hybridized carbons (Fsp3) is 0.462. The highest BCUT2D eigenvalue weighted by molar-refractivity contribution is 6.50. The summed E-state index contributed by atoms with van der Waals surface area (Å²) in [6.07, 6.45) is 2.76. The van der Waals surface area contributed by atoms with Gasteiger partial charge in [0, 0.05) is 12.5 Å². The third-order valence-corrected chi connectivity index (χ3v) is 4.54. The average molecular weight is 269 g/mol. The lowest BCUT2D eigenvalue weighted by Crippen LogP contribution is -2.02. The van der Waals surface area contributed by atoms with E-state index in [-0.39, 0.29) is 0 Å². The molecule has 1 aliphatic rings. The summed E-state index contributed by atoms with van der Waals surface area (Å²) in [6, 6.07) is 4.31. The van der Waals surface area contributed by atoms with Crippen molar-refractivity contribution in [1.82, 2.24) is 9.55 Å². The Morgan fingerprint density at radius 1 is 1.35 bits per heavy atom. The van der Waals surface area contributed by atoms with Gasteiger partial charge in [0.15, 0.2) is 0 Å². The van der Waals surface area contributed by atoms with Crippen molar-refractivity contribution in [2.24, 2.45) is 5.92 Å². The fourth-order valence-corrected chi connectivity index (χ4v) is 2.67. The number of hydrogen-bond donors (Lipinski definition) is 0. The molecule has 4 heteroatoms. The van der Waals surface area contributed by atoms with E-state index in [9.17, 15) is 0 Å². The van der Waals surface area contributed by atoms with E-state index in [0.717, 1.165) is 18.5 Å². The van der Waals surface area contributed by atoms with Crippen LogP contribution in [0.5, 0.6) is 0 Å². The number of aromatic nitrogens is 2. The molecule has 1 saturated carbocycles. The zero-order valence-electron chi connectivity index (χ0n) is 9.87. The van der Waals surface area contributed by atoms with Crippen molar-refractivity contribution in [2.75, 3.05) is 0 Å². The Bertz CT molecular complexity index is 586. The SMILES string of the molecule is Cc1cc2ncn(C[C@@H]3CC3(Cl)Cl)c2cc1C. The Balaban J connectivity index is 1.98. The second-order valence-electron chi connectivity index (χ2n) is 4.98. The van der Waals surface area contributed by atoms with Crippen LogP contribution in [0.15, 0.2) is 18.5 Å². The predicted molar refractivity (Wildman–Crippen MR) is 71.8 cm³/mol. The lowest BCUT2D eigenvalue weighted by atomic mass is 10.1. The van der Waals surface area contributed by atoms with Crippen LogP contribution in [0, 0.1) is 19.8 Å². The molecule has 1 aromatic heterocycles. The van der Waals surface area contributed by atoms with Crippen LogP contribution < -0.4 is 0 Å². The van der Waals surface area contributed by atoms with Gasteiger partial charge < -0.3 is 4.57 Å². The molecule has 1 heterocycles. The van der Waals surface area contributed by atoms with Crippen LogP contribution in [0.2, 0.25) is 0 Å². The fourth-order valence-electron chi connectivity index (χ4n) is 2.16. The minimum atomic E-state index is -0.518. The largest absolute Gasteiger partial charge is 0.330 e. The Morgan fingerprint density at radius 2 is 2.00 bits per heavy atom. The summed E-state index contributed by atoms with van der Waals surface area (Å²) in [7, 11) is 0. The number of nitrogens with zero attached hydrogens (tertiary/aromatic N) is 2. The zero-order chi connectivity index (χ0) is 12.2. The van der Waals surface area contributed by atoms with Crippen LogP contribution in [0.4, 0.5) is 0 Å². The Hall–Kier alpha value is -0.730. The summed E-state index contributed by atoms with van der Waals surface area (Å²) in [5.41, 5.74) is 4.78. The molecule has 90 valence electrons. The number of benzene rings is 1. The monoisotopic (exact) mass is 268 g/mol. The van der Waals surface area contributed by atoms with E-state index in [0.29, 0.717) is 5.92 Å². The molecule has 2 nitrogen and oxygen atoms in total. The van der Waals surface area contributed by atoms with Crippen LogP contribution >= 0.6 is 23.2 Å². The second kappa shape index (κ2) is 3.63. The predicted octanol–water partition coefficient (Wildman–Crippen LogP) is 3.85. The van der Waals surface area contributed by atoms with Gasteiger partial charge in [-0.25, -0.2) is 4.98 Å². The van der Waals surface area contributed by atoms with Gasteiger partial charge in [-0.2, -0.15) is 0 Å². The number of fused-ring (bicyclic) bond motifs is 1. The molecule has 3 rings (SSSR count). The molecule has 17 heavy (non-hydrogen) atoms. The smallest absolute Gasteiger partial charge is 0.123 e. The first-order chi connectivity index (χ1) is 7.97. The standard InChI is InChI=1S/C13H14Cl2N2/c1-8-3-11-12(4-9(8)2)17(7-16-11)6-10-5-13(10,14)15/h3-4,7,10H,5-6H2,1-2H3/t10-/m0/s1. The Kier molecular flexibility index (Phi) is 2.43. The van der Waals surface area contributed by atoms with Crippen molar-refractivity contribution in [3.63, 3.8) is 0 Å². The second-order valence-corrected chi connectivity index (χ2v) is 6.53. The Morgan fingerprint density at radius 3 is 2.65 bits per heavy atom. The molecule has 0 amide bonds. The van der Waals surface area contributed by atoms with Gasteiger partial charge in [0.05, 0.1) is 17.4 Å². The maximum absolute atomic E-state index is 6.06. The third-order valence-electron chi connectivity index (χ3n) is 3.61. The van der Waals surface area contributed by atoms with Gasteiger partial charge in [-0.1, -0.05) is 0 Å². The molecule has 0 saturated heterocycles. The summed E-state index contributed by atoms with van der Waals surface area (Å²) < 4.78 is 1.63. The van der Waals surface area contributed by atoms with Crippen LogP contribution in [0.25, 0.3) is 11.0 Å². The lowest BCUT2D eigenvalue weighted by molar-refractivity contribution is 0.636. The van der Waals surface area contributed by atoms with Gasteiger partial charge in [0.25, 0.3) is 0 Å². The summed E-state index contributed by atoms with van der Waals surface area (Å²) in [5.74, 6) is 0.352. The molecular formula is C13H14Cl2N2. The van der Waals surface area contributed by atoms with Crippen molar-refractivity contribution < 1.29 is 0 Å². The molecule has 0 aliphatic heterocycles. The van der Waals surface area contributed by atoms with Crippen molar-refractivity contribution in [3.8, 4) is 0 Å². The molecule has 0 N–H and O–H groups in total. The van der Waals surface area contributed by atoms with Crippen molar-refractivity contribution in [1.29, 1.82) is 0 Å². The molecule has 0 unspecified atom stereocenters. The van der Waals surface area contributed by atoms with Gasteiger partial charge >= 0.3 is 0 Å². The van der Waals surface area contributed by atoms with E-state index in [2.05, 4.69) is 35.5 Å². The molecule has 0 radical (unpaired) electrons. The first-order valence-electron chi connectivity index (χ1n) is 5.77. The molecular weight excluding hydrogens is 255 g/mol. The van der Waals surface area contributed by atoms with Crippen LogP contribution in [-0.4, -0.2) is 13.9 Å². The normalized spacial score (nSPS) is 22.0. The van der Waals surface area contributed by atoms with E-state index in [1.54, 1.807) is 0 Å². The van der Waals surface area contributed by atoms with Crippen LogP contribution in [-0.2, 0) is 6.54 Å². The van der Waals surface area contributed by atoms with Crippen molar-refractivity contribution >= 4 is 34.2 Å².